The first-order valence-electron chi connectivity index (χ1n) is 6.43. The van der Waals surface area contributed by atoms with Gasteiger partial charge in [0.25, 0.3) is 5.91 Å². The van der Waals surface area contributed by atoms with Crippen molar-refractivity contribution in [3.8, 4) is 0 Å². The molecule has 7 nitrogen and oxygen atoms in total. The van der Waals surface area contributed by atoms with Gasteiger partial charge in [0.2, 0.25) is 5.82 Å². The largest absolute Gasteiger partial charge is 0.469 e. The molecular formula is C13H22N4O3. The van der Waals surface area contributed by atoms with E-state index in [9.17, 15) is 9.59 Å². The summed E-state index contributed by atoms with van der Waals surface area (Å²) in [7, 11) is 2.93. The third kappa shape index (κ3) is 3.79. The van der Waals surface area contributed by atoms with Crippen LogP contribution in [0.5, 0.6) is 0 Å². The maximum Gasteiger partial charge on any atom is 0.310 e. The van der Waals surface area contributed by atoms with Gasteiger partial charge in [-0.1, -0.05) is 27.7 Å². The molecule has 0 saturated heterocycles. The standard InChI is InChI=1S/C13H22N4O3/c1-8(11(19)20-6)7-17(5)10(18)9-14-12(16-15-9)13(2,3)4/h8H,7H2,1-6H3,(H,14,15,16). The average molecular weight is 282 g/mol. The first kappa shape index (κ1) is 16.1. The first-order valence-corrected chi connectivity index (χ1v) is 6.43. The first-order chi connectivity index (χ1) is 9.16. The van der Waals surface area contributed by atoms with Crippen molar-refractivity contribution in [3.05, 3.63) is 11.6 Å². The summed E-state index contributed by atoms with van der Waals surface area (Å²) in [5.41, 5.74) is -0.205. The van der Waals surface area contributed by atoms with E-state index >= 15 is 0 Å². The second-order valence-corrected chi connectivity index (χ2v) is 5.87. The minimum atomic E-state index is -0.394. The molecule has 1 aromatic heterocycles. The molecule has 112 valence electrons. The number of H-pyrrole nitrogens is 1. The van der Waals surface area contributed by atoms with E-state index in [1.54, 1.807) is 14.0 Å². The van der Waals surface area contributed by atoms with Gasteiger partial charge >= 0.3 is 5.97 Å². The van der Waals surface area contributed by atoms with Crippen molar-refractivity contribution >= 4 is 11.9 Å². The number of esters is 1. The van der Waals surface area contributed by atoms with Crippen LogP contribution < -0.4 is 0 Å². The highest BCUT2D eigenvalue weighted by molar-refractivity contribution is 5.90. The van der Waals surface area contributed by atoms with E-state index in [0.717, 1.165) is 0 Å². The van der Waals surface area contributed by atoms with Crippen LogP contribution in [-0.4, -0.2) is 52.7 Å². The highest BCUT2D eigenvalue weighted by Crippen LogP contribution is 2.17. The monoisotopic (exact) mass is 282 g/mol. The molecule has 0 aliphatic rings. The Bertz CT molecular complexity index is 490. The Morgan fingerprint density at radius 2 is 2.00 bits per heavy atom. The highest BCUT2D eigenvalue weighted by Gasteiger charge is 2.25. The van der Waals surface area contributed by atoms with Gasteiger partial charge in [-0.2, -0.15) is 0 Å². The molecule has 7 heteroatoms. The van der Waals surface area contributed by atoms with Crippen molar-refractivity contribution in [1.29, 1.82) is 0 Å². The fraction of sp³-hybridized carbons (Fsp3) is 0.692. The summed E-state index contributed by atoms with van der Waals surface area (Å²) in [4.78, 5) is 29.1. The molecule has 1 unspecified atom stereocenters. The van der Waals surface area contributed by atoms with Crippen molar-refractivity contribution in [2.75, 3.05) is 20.7 Å². The normalized spacial score (nSPS) is 12.9. The molecule has 0 aliphatic carbocycles. The average Bonchev–Trinajstić information content (AvgIpc) is 2.85. The molecule has 1 rings (SSSR count). The number of aromatic nitrogens is 3. The van der Waals surface area contributed by atoms with Crippen LogP contribution in [0.3, 0.4) is 0 Å². The number of nitrogens with one attached hydrogen (secondary N) is 1. The minimum Gasteiger partial charge on any atom is -0.469 e. The van der Waals surface area contributed by atoms with Gasteiger partial charge in [0.15, 0.2) is 0 Å². The fourth-order valence-electron chi connectivity index (χ4n) is 1.63. The number of carbonyl (C=O) groups is 2. The van der Waals surface area contributed by atoms with E-state index in [1.807, 2.05) is 20.8 Å². The Morgan fingerprint density at radius 1 is 1.40 bits per heavy atom. The summed E-state index contributed by atoms with van der Waals surface area (Å²) in [6.07, 6.45) is 0. The molecule has 1 amide bonds. The summed E-state index contributed by atoms with van der Waals surface area (Å²) in [6, 6.07) is 0. The van der Waals surface area contributed by atoms with Crippen molar-refractivity contribution < 1.29 is 14.3 Å². The molecular weight excluding hydrogens is 260 g/mol. The zero-order valence-electron chi connectivity index (χ0n) is 12.9. The lowest BCUT2D eigenvalue weighted by atomic mass is 9.96. The van der Waals surface area contributed by atoms with E-state index in [2.05, 4.69) is 19.9 Å². The van der Waals surface area contributed by atoms with Gasteiger partial charge in [-0.25, -0.2) is 4.98 Å². The predicted molar refractivity (Wildman–Crippen MR) is 73.2 cm³/mol. The molecule has 0 saturated carbocycles. The third-order valence-electron chi connectivity index (χ3n) is 2.89. The maximum absolute atomic E-state index is 12.2. The summed E-state index contributed by atoms with van der Waals surface area (Å²) in [5, 5.41) is 6.70. The van der Waals surface area contributed by atoms with Crippen molar-refractivity contribution in [1.82, 2.24) is 20.1 Å². The number of hydrogen-bond acceptors (Lipinski definition) is 5. The Kier molecular flexibility index (Phi) is 4.86. The van der Waals surface area contributed by atoms with Crippen LogP contribution in [0.4, 0.5) is 0 Å². The molecule has 20 heavy (non-hydrogen) atoms. The van der Waals surface area contributed by atoms with E-state index in [0.29, 0.717) is 5.82 Å². The van der Waals surface area contributed by atoms with Crippen LogP contribution in [0.2, 0.25) is 0 Å². The Balaban J connectivity index is 2.75. The Labute approximate surface area is 118 Å². The van der Waals surface area contributed by atoms with Gasteiger partial charge < -0.3 is 9.64 Å². The molecule has 0 fully saturated rings. The molecule has 0 aromatic carbocycles. The predicted octanol–water partition coefficient (Wildman–Crippen LogP) is 0.983. The third-order valence-corrected chi connectivity index (χ3v) is 2.89. The van der Waals surface area contributed by atoms with Crippen LogP contribution in [0.25, 0.3) is 0 Å². The number of carbonyl (C=O) groups excluding carboxylic acids is 2. The van der Waals surface area contributed by atoms with Crippen molar-refractivity contribution in [2.45, 2.75) is 33.1 Å². The molecule has 0 spiro atoms. The van der Waals surface area contributed by atoms with Crippen molar-refractivity contribution in [3.63, 3.8) is 0 Å². The number of nitrogens with zero attached hydrogens (tertiary/aromatic N) is 3. The van der Waals surface area contributed by atoms with E-state index in [1.165, 1.54) is 12.0 Å². The zero-order valence-corrected chi connectivity index (χ0v) is 12.9. The van der Waals surface area contributed by atoms with Crippen LogP contribution >= 0.6 is 0 Å². The van der Waals surface area contributed by atoms with Crippen LogP contribution in [-0.2, 0) is 14.9 Å². The quantitative estimate of drug-likeness (QED) is 0.832. The number of ether oxygens (including phenoxy) is 1. The molecule has 1 N–H and O–H groups in total. The number of amides is 1. The fourth-order valence-corrected chi connectivity index (χ4v) is 1.63. The summed E-state index contributed by atoms with van der Waals surface area (Å²) < 4.78 is 4.63. The van der Waals surface area contributed by atoms with Gasteiger partial charge in [0, 0.05) is 19.0 Å². The van der Waals surface area contributed by atoms with E-state index in [4.69, 9.17) is 0 Å². The topological polar surface area (TPSA) is 88.2 Å². The summed E-state index contributed by atoms with van der Waals surface area (Å²) in [6.45, 7) is 7.89. The van der Waals surface area contributed by atoms with Gasteiger partial charge in [-0.3, -0.25) is 14.7 Å². The van der Waals surface area contributed by atoms with Gasteiger partial charge in [-0.05, 0) is 0 Å². The number of aromatic amines is 1. The number of methoxy groups -OCH3 is 1. The lowest BCUT2D eigenvalue weighted by Gasteiger charge is -2.18. The lowest BCUT2D eigenvalue weighted by Crippen LogP contribution is -2.34. The molecule has 0 bridgehead atoms. The maximum atomic E-state index is 12.2. The number of rotatable bonds is 4. The summed E-state index contributed by atoms with van der Waals surface area (Å²) >= 11 is 0. The SMILES string of the molecule is COC(=O)C(C)CN(C)C(=O)c1n[nH]c(C(C)(C)C)n1. The molecule has 1 heterocycles. The van der Waals surface area contributed by atoms with Crippen molar-refractivity contribution in [2.24, 2.45) is 5.92 Å². The van der Waals surface area contributed by atoms with Gasteiger partial charge in [-0.15, -0.1) is 5.10 Å². The van der Waals surface area contributed by atoms with Gasteiger partial charge in [0.1, 0.15) is 5.82 Å². The Hall–Kier alpha value is -1.92. The Morgan fingerprint density at radius 3 is 2.45 bits per heavy atom. The van der Waals surface area contributed by atoms with E-state index < -0.39 is 5.92 Å². The smallest absolute Gasteiger partial charge is 0.310 e. The molecule has 1 atom stereocenters. The number of hydrogen-bond donors (Lipinski definition) is 1. The lowest BCUT2D eigenvalue weighted by molar-refractivity contribution is -0.145. The molecule has 0 aliphatic heterocycles. The van der Waals surface area contributed by atoms with Gasteiger partial charge in [0.05, 0.1) is 13.0 Å². The second-order valence-electron chi connectivity index (χ2n) is 5.87. The molecule has 1 aromatic rings. The summed E-state index contributed by atoms with van der Waals surface area (Å²) in [5.74, 6) is -0.317. The molecule has 0 radical (unpaired) electrons. The zero-order chi connectivity index (χ0) is 15.5. The van der Waals surface area contributed by atoms with Crippen LogP contribution in [0.1, 0.15) is 44.1 Å². The second kappa shape index (κ2) is 6.02. The van der Waals surface area contributed by atoms with Crippen LogP contribution in [0, 0.1) is 5.92 Å². The van der Waals surface area contributed by atoms with E-state index in [-0.39, 0.29) is 29.7 Å². The van der Waals surface area contributed by atoms with Crippen LogP contribution in [0.15, 0.2) is 0 Å². The highest BCUT2D eigenvalue weighted by atomic mass is 16.5. The minimum absolute atomic E-state index is 0.106.